The van der Waals surface area contributed by atoms with Crippen molar-refractivity contribution in [2.45, 2.75) is 60.0 Å². The molecule has 0 spiro atoms. The lowest BCUT2D eigenvalue weighted by atomic mass is 9.92. The first kappa shape index (κ1) is 15.5. The van der Waals surface area contributed by atoms with Gasteiger partial charge in [0.1, 0.15) is 0 Å². The molecule has 0 bridgehead atoms. The van der Waals surface area contributed by atoms with E-state index in [1.165, 1.54) is 6.42 Å². The summed E-state index contributed by atoms with van der Waals surface area (Å²) in [6, 6.07) is 0.578. The van der Waals surface area contributed by atoms with Crippen LogP contribution in [0.5, 0.6) is 0 Å². The van der Waals surface area contributed by atoms with E-state index in [2.05, 4.69) is 46.4 Å². The van der Waals surface area contributed by atoms with E-state index in [-0.39, 0.29) is 18.0 Å². The van der Waals surface area contributed by atoms with Gasteiger partial charge < -0.3 is 4.90 Å². The molecule has 0 saturated carbocycles. The van der Waals surface area contributed by atoms with E-state index in [0.717, 1.165) is 13.1 Å². The standard InChI is InChI=1S/C15H30N2O/c1-11(2)17(12(3)4)15(18)10-16-8-13(5)7-14(6)9-16/h11-14H,7-10H2,1-6H3. The van der Waals surface area contributed by atoms with Crippen LogP contribution in [0.25, 0.3) is 0 Å². The monoisotopic (exact) mass is 254 g/mol. The minimum atomic E-state index is 0.279. The van der Waals surface area contributed by atoms with Crippen molar-refractivity contribution in [3.05, 3.63) is 0 Å². The molecule has 1 heterocycles. The lowest BCUT2D eigenvalue weighted by Crippen LogP contribution is -2.49. The highest BCUT2D eigenvalue weighted by Gasteiger charge is 2.26. The van der Waals surface area contributed by atoms with Crippen LogP contribution in [0.3, 0.4) is 0 Å². The molecule has 18 heavy (non-hydrogen) atoms. The average Bonchev–Trinajstić information content (AvgIpc) is 2.13. The van der Waals surface area contributed by atoms with Crippen LogP contribution in [0.15, 0.2) is 0 Å². The lowest BCUT2D eigenvalue weighted by Gasteiger charge is -2.37. The van der Waals surface area contributed by atoms with Crippen molar-refractivity contribution in [3.8, 4) is 0 Å². The Kier molecular flexibility index (Phi) is 5.64. The molecule has 106 valence electrons. The molecule has 1 rings (SSSR count). The van der Waals surface area contributed by atoms with E-state index in [4.69, 9.17) is 0 Å². The highest BCUT2D eigenvalue weighted by Crippen LogP contribution is 2.21. The molecule has 0 aliphatic carbocycles. The van der Waals surface area contributed by atoms with E-state index < -0.39 is 0 Å². The Morgan fingerprint density at radius 2 is 1.56 bits per heavy atom. The summed E-state index contributed by atoms with van der Waals surface area (Å²) in [7, 11) is 0. The molecule has 0 aromatic rings. The maximum Gasteiger partial charge on any atom is 0.237 e. The number of amides is 1. The summed E-state index contributed by atoms with van der Waals surface area (Å²) in [4.78, 5) is 16.7. The van der Waals surface area contributed by atoms with Gasteiger partial charge in [0.25, 0.3) is 0 Å². The highest BCUT2D eigenvalue weighted by atomic mass is 16.2. The van der Waals surface area contributed by atoms with Gasteiger partial charge in [-0.15, -0.1) is 0 Å². The summed E-state index contributed by atoms with van der Waals surface area (Å²) in [6.07, 6.45) is 1.29. The molecule has 3 heteroatoms. The molecule has 2 unspecified atom stereocenters. The summed E-state index contributed by atoms with van der Waals surface area (Å²) >= 11 is 0. The molecule has 1 fully saturated rings. The van der Waals surface area contributed by atoms with Crippen molar-refractivity contribution in [1.82, 2.24) is 9.80 Å². The SMILES string of the molecule is CC1CC(C)CN(CC(=O)N(C(C)C)C(C)C)C1. The van der Waals surface area contributed by atoms with Gasteiger partial charge in [-0.25, -0.2) is 0 Å². The largest absolute Gasteiger partial charge is 0.337 e. The fourth-order valence-electron chi connectivity index (χ4n) is 3.37. The summed E-state index contributed by atoms with van der Waals surface area (Å²) < 4.78 is 0. The van der Waals surface area contributed by atoms with Crippen molar-refractivity contribution >= 4 is 5.91 Å². The van der Waals surface area contributed by atoms with Crippen LogP contribution in [-0.2, 0) is 4.79 Å². The van der Waals surface area contributed by atoms with Gasteiger partial charge in [-0.2, -0.15) is 0 Å². The number of carbonyl (C=O) groups excluding carboxylic acids is 1. The first-order valence-corrected chi connectivity index (χ1v) is 7.34. The lowest BCUT2D eigenvalue weighted by molar-refractivity contribution is -0.136. The van der Waals surface area contributed by atoms with Crippen molar-refractivity contribution in [2.75, 3.05) is 19.6 Å². The zero-order valence-electron chi connectivity index (χ0n) is 12.9. The molecule has 1 saturated heterocycles. The smallest absolute Gasteiger partial charge is 0.237 e. The number of nitrogens with zero attached hydrogens (tertiary/aromatic N) is 2. The van der Waals surface area contributed by atoms with E-state index in [1.54, 1.807) is 0 Å². The highest BCUT2D eigenvalue weighted by molar-refractivity contribution is 5.78. The zero-order valence-corrected chi connectivity index (χ0v) is 12.9. The third kappa shape index (κ3) is 4.27. The Morgan fingerprint density at radius 1 is 1.11 bits per heavy atom. The van der Waals surface area contributed by atoms with Gasteiger partial charge >= 0.3 is 0 Å². The summed E-state index contributed by atoms with van der Waals surface area (Å²) in [6.45, 7) is 15.7. The fourth-order valence-corrected chi connectivity index (χ4v) is 3.37. The second-order valence-corrected chi connectivity index (χ2v) is 6.63. The molecule has 1 aliphatic heterocycles. The zero-order chi connectivity index (χ0) is 13.9. The molecule has 0 aromatic heterocycles. The first-order chi connectivity index (χ1) is 8.31. The topological polar surface area (TPSA) is 23.6 Å². The second kappa shape index (κ2) is 6.55. The number of hydrogen-bond donors (Lipinski definition) is 0. The Bertz CT molecular complexity index is 258. The van der Waals surface area contributed by atoms with Crippen LogP contribution in [-0.4, -0.2) is 47.4 Å². The molecule has 2 atom stereocenters. The van der Waals surface area contributed by atoms with Crippen LogP contribution in [0.1, 0.15) is 48.0 Å². The van der Waals surface area contributed by atoms with Gasteiger partial charge in [-0.3, -0.25) is 9.69 Å². The van der Waals surface area contributed by atoms with E-state index in [9.17, 15) is 4.79 Å². The van der Waals surface area contributed by atoms with Gasteiger partial charge in [-0.1, -0.05) is 13.8 Å². The fraction of sp³-hybridized carbons (Fsp3) is 0.933. The van der Waals surface area contributed by atoms with Gasteiger partial charge in [0.2, 0.25) is 5.91 Å². The molecule has 1 aliphatic rings. The summed E-state index contributed by atoms with van der Waals surface area (Å²) in [5.41, 5.74) is 0. The number of piperidine rings is 1. The van der Waals surface area contributed by atoms with Crippen molar-refractivity contribution in [3.63, 3.8) is 0 Å². The van der Waals surface area contributed by atoms with Gasteiger partial charge in [-0.05, 0) is 46.0 Å². The second-order valence-electron chi connectivity index (χ2n) is 6.63. The third-order valence-corrected chi connectivity index (χ3v) is 3.70. The Morgan fingerprint density at radius 3 is 1.94 bits per heavy atom. The summed E-state index contributed by atoms with van der Waals surface area (Å²) in [5.74, 6) is 1.71. The van der Waals surface area contributed by atoms with Crippen LogP contribution >= 0.6 is 0 Å². The van der Waals surface area contributed by atoms with Crippen molar-refractivity contribution < 1.29 is 4.79 Å². The molecule has 0 aromatic carbocycles. The van der Waals surface area contributed by atoms with Crippen LogP contribution in [0, 0.1) is 11.8 Å². The first-order valence-electron chi connectivity index (χ1n) is 7.34. The van der Waals surface area contributed by atoms with E-state index in [0.29, 0.717) is 18.4 Å². The summed E-state index contributed by atoms with van der Waals surface area (Å²) in [5, 5.41) is 0. The Hall–Kier alpha value is -0.570. The molecule has 1 amide bonds. The minimum absolute atomic E-state index is 0.279. The van der Waals surface area contributed by atoms with Crippen LogP contribution in [0.2, 0.25) is 0 Å². The number of hydrogen-bond acceptors (Lipinski definition) is 2. The quantitative estimate of drug-likeness (QED) is 0.770. The van der Waals surface area contributed by atoms with Crippen LogP contribution in [0.4, 0.5) is 0 Å². The molecule has 0 radical (unpaired) electrons. The van der Waals surface area contributed by atoms with Crippen molar-refractivity contribution in [1.29, 1.82) is 0 Å². The molecule has 3 nitrogen and oxygen atoms in total. The number of rotatable bonds is 4. The Balaban J connectivity index is 2.57. The van der Waals surface area contributed by atoms with Crippen LogP contribution < -0.4 is 0 Å². The normalized spacial score (nSPS) is 25.8. The minimum Gasteiger partial charge on any atom is -0.337 e. The van der Waals surface area contributed by atoms with E-state index >= 15 is 0 Å². The third-order valence-electron chi connectivity index (χ3n) is 3.70. The predicted molar refractivity (Wildman–Crippen MR) is 76.5 cm³/mol. The Labute approximate surface area is 113 Å². The maximum atomic E-state index is 12.4. The van der Waals surface area contributed by atoms with Gasteiger partial charge in [0.05, 0.1) is 6.54 Å². The maximum absolute atomic E-state index is 12.4. The van der Waals surface area contributed by atoms with Gasteiger partial charge in [0, 0.05) is 25.2 Å². The molecular weight excluding hydrogens is 224 g/mol. The van der Waals surface area contributed by atoms with E-state index in [1.807, 2.05) is 4.90 Å². The molecule has 0 N–H and O–H groups in total. The predicted octanol–water partition coefficient (Wildman–Crippen LogP) is 2.61. The average molecular weight is 254 g/mol. The molecular formula is C15H30N2O. The van der Waals surface area contributed by atoms with Gasteiger partial charge in [0.15, 0.2) is 0 Å². The number of likely N-dealkylation sites (tertiary alicyclic amines) is 1. The van der Waals surface area contributed by atoms with Crippen molar-refractivity contribution in [2.24, 2.45) is 11.8 Å². The number of carbonyl (C=O) groups is 1.